The van der Waals surface area contributed by atoms with Crippen LogP contribution < -0.4 is 5.32 Å². The molecule has 0 unspecified atom stereocenters. The zero-order valence-corrected chi connectivity index (χ0v) is 15.9. The van der Waals surface area contributed by atoms with Crippen LogP contribution in [0.1, 0.15) is 40.7 Å². The van der Waals surface area contributed by atoms with E-state index in [9.17, 15) is 18.4 Å². The molecule has 2 amide bonds. The zero-order valence-electron chi connectivity index (χ0n) is 15.9. The van der Waals surface area contributed by atoms with Gasteiger partial charge in [-0.2, -0.15) is 0 Å². The Morgan fingerprint density at radius 1 is 1.07 bits per heavy atom. The predicted octanol–water partition coefficient (Wildman–Crippen LogP) is 3.63. The molecule has 1 aliphatic heterocycles. The van der Waals surface area contributed by atoms with Gasteiger partial charge in [-0.3, -0.25) is 9.59 Å². The second-order valence-electron chi connectivity index (χ2n) is 7.24. The molecule has 1 aliphatic rings. The first kappa shape index (κ1) is 20.0. The highest BCUT2D eigenvalue weighted by Crippen LogP contribution is 2.17. The Kier molecular flexibility index (Phi) is 6.39. The second kappa shape index (κ2) is 8.95. The molecule has 0 bridgehead atoms. The van der Waals surface area contributed by atoms with Crippen molar-refractivity contribution in [1.29, 1.82) is 0 Å². The maximum absolute atomic E-state index is 13.8. The number of hydrogen-bond acceptors (Lipinski definition) is 2. The SMILES string of the molecule is Cc1ccc(CCC(=O)NC2CCN(C(=O)c3ccc(F)cc3F)CC2)cc1. The molecule has 1 N–H and O–H groups in total. The third-order valence-corrected chi connectivity index (χ3v) is 5.07. The molecule has 0 aromatic heterocycles. The van der Waals surface area contributed by atoms with E-state index in [0.717, 1.165) is 11.6 Å². The molecule has 6 heteroatoms. The van der Waals surface area contributed by atoms with E-state index in [4.69, 9.17) is 0 Å². The monoisotopic (exact) mass is 386 g/mol. The third-order valence-electron chi connectivity index (χ3n) is 5.07. The lowest BCUT2D eigenvalue weighted by molar-refractivity contribution is -0.122. The molecule has 0 radical (unpaired) electrons. The van der Waals surface area contributed by atoms with Gasteiger partial charge in [0.25, 0.3) is 5.91 Å². The van der Waals surface area contributed by atoms with Gasteiger partial charge in [0.1, 0.15) is 11.6 Å². The Labute approximate surface area is 163 Å². The first-order valence-corrected chi connectivity index (χ1v) is 9.51. The normalized spacial score (nSPS) is 14.8. The van der Waals surface area contributed by atoms with Crippen LogP contribution in [0.2, 0.25) is 0 Å². The van der Waals surface area contributed by atoms with Gasteiger partial charge in [0, 0.05) is 31.6 Å². The number of carbonyl (C=O) groups is 2. The molecule has 1 saturated heterocycles. The van der Waals surface area contributed by atoms with Crippen LogP contribution in [0.4, 0.5) is 8.78 Å². The molecule has 0 atom stereocenters. The van der Waals surface area contributed by atoms with Crippen LogP contribution in [-0.2, 0) is 11.2 Å². The predicted molar refractivity (Wildman–Crippen MR) is 103 cm³/mol. The van der Waals surface area contributed by atoms with E-state index in [1.165, 1.54) is 11.6 Å². The maximum Gasteiger partial charge on any atom is 0.256 e. The van der Waals surface area contributed by atoms with Gasteiger partial charge in [-0.25, -0.2) is 8.78 Å². The average molecular weight is 386 g/mol. The quantitative estimate of drug-likeness (QED) is 0.853. The minimum Gasteiger partial charge on any atom is -0.353 e. The maximum atomic E-state index is 13.8. The molecule has 2 aromatic rings. The van der Waals surface area contributed by atoms with Gasteiger partial charge in [0.05, 0.1) is 5.56 Å². The van der Waals surface area contributed by atoms with Crippen molar-refractivity contribution >= 4 is 11.8 Å². The molecule has 148 valence electrons. The summed E-state index contributed by atoms with van der Waals surface area (Å²) in [5.74, 6) is -2.01. The summed E-state index contributed by atoms with van der Waals surface area (Å²) < 4.78 is 26.8. The third kappa shape index (κ3) is 5.15. The summed E-state index contributed by atoms with van der Waals surface area (Å²) >= 11 is 0. The summed E-state index contributed by atoms with van der Waals surface area (Å²) in [6.07, 6.45) is 2.34. The Hall–Kier alpha value is -2.76. The Bertz CT molecular complexity index is 844. The van der Waals surface area contributed by atoms with E-state index in [0.29, 0.717) is 44.8 Å². The minimum absolute atomic E-state index is 0.00469. The molecule has 1 fully saturated rings. The van der Waals surface area contributed by atoms with Crippen LogP contribution in [0.15, 0.2) is 42.5 Å². The first-order chi connectivity index (χ1) is 13.4. The second-order valence-corrected chi connectivity index (χ2v) is 7.24. The van der Waals surface area contributed by atoms with Crippen molar-refractivity contribution in [2.45, 2.75) is 38.6 Å². The van der Waals surface area contributed by atoms with E-state index < -0.39 is 17.5 Å². The Morgan fingerprint density at radius 2 is 1.75 bits per heavy atom. The molecular weight excluding hydrogens is 362 g/mol. The lowest BCUT2D eigenvalue weighted by atomic mass is 10.0. The highest BCUT2D eigenvalue weighted by molar-refractivity contribution is 5.94. The van der Waals surface area contributed by atoms with E-state index in [1.807, 2.05) is 31.2 Å². The minimum atomic E-state index is -0.850. The van der Waals surface area contributed by atoms with Crippen molar-refractivity contribution in [3.8, 4) is 0 Å². The number of piperidine rings is 1. The van der Waals surface area contributed by atoms with Crippen molar-refractivity contribution < 1.29 is 18.4 Å². The van der Waals surface area contributed by atoms with Crippen molar-refractivity contribution in [1.82, 2.24) is 10.2 Å². The fourth-order valence-corrected chi connectivity index (χ4v) is 3.37. The number of nitrogens with zero attached hydrogens (tertiary/aromatic N) is 1. The van der Waals surface area contributed by atoms with Crippen LogP contribution >= 0.6 is 0 Å². The molecule has 2 aromatic carbocycles. The standard InChI is InChI=1S/C22H24F2N2O2/c1-15-2-4-16(5-3-15)6-9-21(27)25-18-10-12-26(13-11-18)22(28)19-8-7-17(23)14-20(19)24/h2-5,7-8,14,18H,6,9-13H2,1H3,(H,25,27). The molecule has 1 heterocycles. The molecule has 0 spiro atoms. The molecule has 0 aliphatic carbocycles. The zero-order chi connectivity index (χ0) is 20.1. The van der Waals surface area contributed by atoms with E-state index in [-0.39, 0.29) is 17.5 Å². The summed E-state index contributed by atoms with van der Waals surface area (Å²) in [6.45, 7) is 2.88. The van der Waals surface area contributed by atoms with Crippen LogP contribution in [-0.4, -0.2) is 35.8 Å². The largest absolute Gasteiger partial charge is 0.353 e. The number of halogens is 2. The number of hydrogen-bond donors (Lipinski definition) is 1. The van der Waals surface area contributed by atoms with Crippen LogP contribution in [0.3, 0.4) is 0 Å². The van der Waals surface area contributed by atoms with E-state index in [1.54, 1.807) is 4.90 Å². The smallest absolute Gasteiger partial charge is 0.256 e. The van der Waals surface area contributed by atoms with Gasteiger partial charge in [-0.05, 0) is 43.9 Å². The number of amides is 2. The van der Waals surface area contributed by atoms with Crippen molar-refractivity contribution in [3.63, 3.8) is 0 Å². The van der Waals surface area contributed by atoms with Gasteiger partial charge >= 0.3 is 0 Å². The Morgan fingerprint density at radius 3 is 2.39 bits per heavy atom. The van der Waals surface area contributed by atoms with Crippen molar-refractivity contribution in [2.24, 2.45) is 0 Å². The lowest BCUT2D eigenvalue weighted by Gasteiger charge is -2.32. The van der Waals surface area contributed by atoms with Crippen molar-refractivity contribution in [2.75, 3.05) is 13.1 Å². The van der Waals surface area contributed by atoms with Crippen LogP contribution in [0.5, 0.6) is 0 Å². The number of likely N-dealkylation sites (tertiary alicyclic amines) is 1. The van der Waals surface area contributed by atoms with Gasteiger partial charge in [0.15, 0.2) is 0 Å². The first-order valence-electron chi connectivity index (χ1n) is 9.51. The van der Waals surface area contributed by atoms with E-state index in [2.05, 4.69) is 5.32 Å². The molecule has 3 rings (SSSR count). The van der Waals surface area contributed by atoms with Gasteiger partial charge in [-0.1, -0.05) is 29.8 Å². The molecule has 28 heavy (non-hydrogen) atoms. The molecule has 0 saturated carbocycles. The Balaban J connectivity index is 1.45. The summed E-state index contributed by atoms with van der Waals surface area (Å²) in [7, 11) is 0. The van der Waals surface area contributed by atoms with Gasteiger partial charge in [0.2, 0.25) is 5.91 Å². The highest BCUT2D eigenvalue weighted by Gasteiger charge is 2.26. The number of carbonyl (C=O) groups excluding carboxylic acids is 2. The summed E-state index contributed by atoms with van der Waals surface area (Å²) in [5.41, 5.74) is 2.19. The fourth-order valence-electron chi connectivity index (χ4n) is 3.37. The van der Waals surface area contributed by atoms with Crippen molar-refractivity contribution in [3.05, 3.63) is 70.8 Å². The molecular formula is C22H24F2N2O2. The number of aryl methyl sites for hydroxylation is 2. The summed E-state index contributed by atoms with van der Waals surface area (Å²) in [4.78, 5) is 26.2. The highest BCUT2D eigenvalue weighted by atomic mass is 19.1. The number of benzene rings is 2. The topological polar surface area (TPSA) is 49.4 Å². The van der Waals surface area contributed by atoms with Gasteiger partial charge < -0.3 is 10.2 Å². The fraction of sp³-hybridized carbons (Fsp3) is 0.364. The van der Waals surface area contributed by atoms with Crippen LogP contribution in [0.25, 0.3) is 0 Å². The lowest BCUT2D eigenvalue weighted by Crippen LogP contribution is -2.46. The summed E-state index contributed by atoms with van der Waals surface area (Å²) in [5, 5.41) is 3.02. The molecule has 4 nitrogen and oxygen atoms in total. The summed E-state index contributed by atoms with van der Waals surface area (Å²) in [6, 6.07) is 11.1. The average Bonchev–Trinajstić information content (AvgIpc) is 2.68. The van der Waals surface area contributed by atoms with E-state index >= 15 is 0 Å². The number of nitrogens with one attached hydrogen (secondary N) is 1. The van der Waals surface area contributed by atoms with Crippen LogP contribution in [0, 0.1) is 18.6 Å². The number of rotatable bonds is 5. The van der Waals surface area contributed by atoms with Gasteiger partial charge in [-0.15, -0.1) is 0 Å².